The third-order valence-corrected chi connectivity index (χ3v) is 6.48. The van der Waals surface area contributed by atoms with E-state index in [1.165, 1.54) is 0 Å². The van der Waals surface area contributed by atoms with Crippen LogP contribution in [0.5, 0.6) is 0 Å². The first-order valence-corrected chi connectivity index (χ1v) is 9.92. The van der Waals surface area contributed by atoms with Gasteiger partial charge in [-0.25, -0.2) is 8.42 Å². The molecular weight excluding hydrogens is 290 g/mol. The van der Waals surface area contributed by atoms with Crippen molar-refractivity contribution in [2.24, 2.45) is 5.92 Å². The Kier molecular flexibility index (Phi) is 5.68. The fraction of sp³-hybridized carbons (Fsp3) is 1.00. The van der Waals surface area contributed by atoms with Crippen LogP contribution in [0.1, 0.15) is 46.5 Å². The number of sulfone groups is 1. The zero-order valence-electron chi connectivity index (χ0n) is 13.4. The average Bonchev–Trinajstić information content (AvgIpc) is 2.83. The maximum Gasteiger partial charge on any atom is 0.168 e. The number of ether oxygens (including phenoxy) is 2. The predicted molar refractivity (Wildman–Crippen MR) is 83.0 cm³/mol. The van der Waals surface area contributed by atoms with Crippen molar-refractivity contribution < 1.29 is 17.9 Å². The second-order valence-corrected chi connectivity index (χ2v) is 9.05. The molecule has 1 aliphatic heterocycles. The van der Waals surface area contributed by atoms with Crippen molar-refractivity contribution in [2.75, 3.05) is 24.7 Å². The maximum atomic E-state index is 11.6. The van der Waals surface area contributed by atoms with E-state index < -0.39 is 9.84 Å². The van der Waals surface area contributed by atoms with Gasteiger partial charge in [-0.1, -0.05) is 13.8 Å². The summed E-state index contributed by atoms with van der Waals surface area (Å²) in [5.41, 5.74) is 0. The molecule has 6 heteroatoms. The van der Waals surface area contributed by atoms with Crippen LogP contribution in [-0.4, -0.2) is 51.0 Å². The van der Waals surface area contributed by atoms with Crippen LogP contribution in [-0.2, 0) is 19.3 Å². The molecule has 0 amide bonds. The van der Waals surface area contributed by atoms with Gasteiger partial charge in [-0.15, -0.1) is 0 Å². The second-order valence-electron chi connectivity index (χ2n) is 6.65. The molecule has 2 rings (SSSR count). The van der Waals surface area contributed by atoms with Crippen LogP contribution in [0.25, 0.3) is 0 Å². The minimum atomic E-state index is -2.93. The highest BCUT2D eigenvalue weighted by atomic mass is 32.2. The molecule has 2 aliphatic rings. The van der Waals surface area contributed by atoms with Crippen molar-refractivity contribution in [3.63, 3.8) is 0 Å². The molecule has 124 valence electrons. The lowest BCUT2D eigenvalue weighted by Crippen LogP contribution is -2.41. The second kappa shape index (κ2) is 6.94. The Morgan fingerprint density at radius 3 is 2.62 bits per heavy atom. The largest absolute Gasteiger partial charge is 0.347 e. The zero-order chi connectivity index (χ0) is 15.5. The molecule has 0 aromatic rings. The quantitative estimate of drug-likeness (QED) is 0.807. The fourth-order valence-corrected chi connectivity index (χ4v) is 4.19. The van der Waals surface area contributed by atoms with Crippen molar-refractivity contribution in [1.82, 2.24) is 5.32 Å². The highest BCUT2D eigenvalue weighted by molar-refractivity contribution is 7.91. The number of hydrogen-bond donors (Lipinski definition) is 1. The van der Waals surface area contributed by atoms with E-state index in [1.807, 2.05) is 6.92 Å². The van der Waals surface area contributed by atoms with Gasteiger partial charge < -0.3 is 14.8 Å². The first-order valence-electron chi connectivity index (χ1n) is 8.10. The predicted octanol–water partition coefficient (Wildman–Crippen LogP) is 1.72. The molecule has 1 heterocycles. The molecule has 5 nitrogen and oxygen atoms in total. The molecule has 0 aromatic heterocycles. The minimum Gasteiger partial charge on any atom is -0.347 e. The number of nitrogens with one attached hydrogen (secondary N) is 1. The molecule has 21 heavy (non-hydrogen) atoms. The van der Waals surface area contributed by atoms with E-state index in [4.69, 9.17) is 9.47 Å². The minimum absolute atomic E-state index is 0.0326. The van der Waals surface area contributed by atoms with Gasteiger partial charge in [0, 0.05) is 31.2 Å². The topological polar surface area (TPSA) is 64.6 Å². The normalized spacial score (nSPS) is 35.2. The van der Waals surface area contributed by atoms with Gasteiger partial charge in [0.15, 0.2) is 15.6 Å². The Morgan fingerprint density at radius 2 is 2.00 bits per heavy atom. The van der Waals surface area contributed by atoms with E-state index in [0.717, 1.165) is 31.6 Å². The van der Waals surface area contributed by atoms with Crippen molar-refractivity contribution in [1.29, 1.82) is 0 Å². The molecule has 0 bridgehead atoms. The van der Waals surface area contributed by atoms with Gasteiger partial charge in [0.25, 0.3) is 0 Å². The van der Waals surface area contributed by atoms with Gasteiger partial charge in [-0.3, -0.25) is 0 Å². The Bertz CT molecular complexity index is 429. The summed E-state index contributed by atoms with van der Waals surface area (Å²) in [5.74, 6) is 0.778. The van der Waals surface area contributed by atoms with Crippen molar-refractivity contribution >= 4 is 9.84 Å². The van der Waals surface area contributed by atoms with E-state index in [2.05, 4.69) is 12.2 Å². The summed E-state index contributed by atoms with van der Waals surface area (Å²) in [5, 5.41) is 3.26. The molecule has 1 saturated carbocycles. The summed E-state index contributed by atoms with van der Waals surface area (Å²) < 4.78 is 35.2. The molecule has 0 radical (unpaired) electrons. The third kappa shape index (κ3) is 4.91. The Morgan fingerprint density at radius 1 is 1.33 bits per heavy atom. The molecule has 2 fully saturated rings. The van der Waals surface area contributed by atoms with Crippen LogP contribution < -0.4 is 5.32 Å². The van der Waals surface area contributed by atoms with E-state index in [0.29, 0.717) is 13.2 Å². The lowest BCUT2D eigenvalue weighted by atomic mass is 9.86. The monoisotopic (exact) mass is 319 g/mol. The van der Waals surface area contributed by atoms with Crippen LogP contribution in [0.3, 0.4) is 0 Å². The van der Waals surface area contributed by atoms with Crippen LogP contribution in [0.15, 0.2) is 0 Å². The lowest BCUT2D eigenvalue weighted by Gasteiger charge is -2.34. The Labute approximate surface area is 128 Å². The standard InChI is InChI=1S/C15H29NO4S/c1-4-21(17,18)11-13(3)16-9-14-10-19-15(20-14)7-5-12(2)6-8-15/h12-14,16H,4-11H2,1-3H3/t12?,13-,14-,15?/m1/s1. The summed E-state index contributed by atoms with van der Waals surface area (Å²) in [6, 6.07) is -0.0542. The Balaban J connectivity index is 1.73. The van der Waals surface area contributed by atoms with E-state index >= 15 is 0 Å². The fourth-order valence-electron chi connectivity index (χ4n) is 3.07. The van der Waals surface area contributed by atoms with Gasteiger partial charge in [0.1, 0.15) is 0 Å². The first kappa shape index (κ1) is 17.2. The Hall–Kier alpha value is -0.170. The number of rotatable bonds is 6. The summed E-state index contributed by atoms with van der Waals surface area (Å²) in [4.78, 5) is 0. The zero-order valence-corrected chi connectivity index (χ0v) is 14.2. The lowest BCUT2D eigenvalue weighted by molar-refractivity contribution is -0.191. The summed E-state index contributed by atoms with van der Waals surface area (Å²) >= 11 is 0. The van der Waals surface area contributed by atoms with Crippen LogP contribution in [0.4, 0.5) is 0 Å². The van der Waals surface area contributed by atoms with Gasteiger partial charge in [0.05, 0.1) is 18.5 Å². The number of hydrogen-bond acceptors (Lipinski definition) is 5. The van der Waals surface area contributed by atoms with E-state index in [1.54, 1.807) is 6.92 Å². The van der Waals surface area contributed by atoms with Crippen molar-refractivity contribution in [3.05, 3.63) is 0 Å². The van der Waals surface area contributed by atoms with Gasteiger partial charge >= 0.3 is 0 Å². The SMILES string of the molecule is CCS(=O)(=O)C[C@@H](C)NC[C@@H]1COC2(CCC(C)CC2)O1. The molecule has 0 aromatic carbocycles. The van der Waals surface area contributed by atoms with Crippen LogP contribution in [0, 0.1) is 5.92 Å². The van der Waals surface area contributed by atoms with Crippen molar-refractivity contribution in [2.45, 2.75) is 64.4 Å². The molecule has 1 N–H and O–H groups in total. The first-order chi connectivity index (χ1) is 9.84. The molecular formula is C15H29NO4S. The smallest absolute Gasteiger partial charge is 0.168 e. The maximum absolute atomic E-state index is 11.6. The van der Waals surface area contributed by atoms with Gasteiger partial charge in [0.2, 0.25) is 0 Å². The van der Waals surface area contributed by atoms with E-state index in [9.17, 15) is 8.42 Å². The average molecular weight is 319 g/mol. The van der Waals surface area contributed by atoms with Crippen LogP contribution >= 0.6 is 0 Å². The molecule has 1 aliphatic carbocycles. The highest BCUT2D eigenvalue weighted by Crippen LogP contribution is 2.39. The third-order valence-electron chi connectivity index (χ3n) is 4.59. The van der Waals surface area contributed by atoms with Gasteiger partial charge in [-0.05, 0) is 25.7 Å². The van der Waals surface area contributed by atoms with E-state index in [-0.39, 0.29) is 29.4 Å². The molecule has 1 saturated heterocycles. The van der Waals surface area contributed by atoms with Gasteiger partial charge in [-0.2, -0.15) is 0 Å². The molecule has 2 atom stereocenters. The molecule has 0 unspecified atom stereocenters. The van der Waals surface area contributed by atoms with Crippen LogP contribution in [0.2, 0.25) is 0 Å². The summed E-state index contributed by atoms with van der Waals surface area (Å²) in [7, 11) is -2.93. The molecule has 1 spiro atoms. The van der Waals surface area contributed by atoms with Crippen molar-refractivity contribution in [3.8, 4) is 0 Å². The highest BCUT2D eigenvalue weighted by Gasteiger charge is 2.43. The summed E-state index contributed by atoms with van der Waals surface area (Å²) in [6.45, 7) is 7.12. The summed E-state index contributed by atoms with van der Waals surface area (Å²) in [6.07, 6.45) is 4.30.